The number of carbonyl (C=O) groups excluding carboxylic acids is 2. The van der Waals surface area contributed by atoms with Gasteiger partial charge in [-0.3, -0.25) is 14.5 Å². The Bertz CT molecular complexity index is 1220. The second-order valence-corrected chi connectivity index (χ2v) is 7.99. The number of hydrogen-bond donors (Lipinski definition) is 1. The van der Waals surface area contributed by atoms with Crippen molar-refractivity contribution in [3.05, 3.63) is 101 Å². The van der Waals surface area contributed by atoms with Crippen LogP contribution in [0.2, 0.25) is 0 Å². The van der Waals surface area contributed by atoms with Crippen LogP contribution in [0, 0.1) is 5.82 Å². The Morgan fingerprint density at radius 3 is 2.57 bits per heavy atom. The van der Waals surface area contributed by atoms with Crippen molar-refractivity contribution in [1.29, 1.82) is 0 Å². The molecule has 0 fully saturated rings. The molecule has 0 saturated carbocycles. The SMILES string of the molecule is CCOCCCNC(=O)c1ccc(C=C2Oc3ccccc3N(Cc3ccccc3F)C2=O)cc1. The molecule has 7 heteroatoms. The number of rotatable bonds is 9. The lowest BCUT2D eigenvalue weighted by Gasteiger charge is -2.30. The lowest BCUT2D eigenvalue weighted by Crippen LogP contribution is -2.37. The number of fused-ring (bicyclic) bond motifs is 1. The summed E-state index contributed by atoms with van der Waals surface area (Å²) in [7, 11) is 0. The molecule has 180 valence electrons. The molecule has 0 radical (unpaired) electrons. The molecule has 0 saturated heterocycles. The molecule has 6 nitrogen and oxygen atoms in total. The molecule has 0 aliphatic carbocycles. The van der Waals surface area contributed by atoms with Crippen molar-refractivity contribution in [2.75, 3.05) is 24.7 Å². The maximum absolute atomic E-state index is 14.3. The summed E-state index contributed by atoms with van der Waals surface area (Å²) in [4.78, 5) is 27.1. The molecular weight excluding hydrogens is 447 g/mol. The monoisotopic (exact) mass is 474 g/mol. The van der Waals surface area contributed by atoms with Crippen molar-refractivity contribution >= 4 is 23.6 Å². The highest BCUT2D eigenvalue weighted by Gasteiger charge is 2.30. The average Bonchev–Trinajstić information content (AvgIpc) is 2.88. The Morgan fingerprint density at radius 1 is 1.06 bits per heavy atom. The number of anilines is 1. The van der Waals surface area contributed by atoms with Crippen molar-refractivity contribution in [2.24, 2.45) is 0 Å². The third kappa shape index (κ3) is 5.94. The summed E-state index contributed by atoms with van der Waals surface area (Å²) in [5.74, 6) is -0.286. The molecule has 3 aromatic rings. The highest BCUT2D eigenvalue weighted by atomic mass is 19.1. The fraction of sp³-hybridized carbons (Fsp3) is 0.214. The van der Waals surface area contributed by atoms with Crippen LogP contribution in [0.4, 0.5) is 10.1 Å². The lowest BCUT2D eigenvalue weighted by molar-refractivity contribution is -0.117. The van der Waals surface area contributed by atoms with Gasteiger partial charge in [-0.15, -0.1) is 0 Å². The molecule has 1 aliphatic heterocycles. The minimum Gasteiger partial charge on any atom is -0.449 e. The Morgan fingerprint density at radius 2 is 1.80 bits per heavy atom. The van der Waals surface area contributed by atoms with E-state index in [1.54, 1.807) is 66.7 Å². The zero-order valence-electron chi connectivity index (χ0n) is 19.5. The molecule has 0 aromatic heterocycles. The van der Waals surface area contributed by atoms with Gasteiger partial charge in [0.05, 0.1) is 12.2 Å². The van der Waals surface area contributed by atoms with Gasteiger partial charge in [-0.1, -0.05) is 42.5 Å². The van der Waals surface area contributed by atoms with Crippen molar-refractivity contribution in [3.8, 4) is 5.75 Å². The highest BCUT2D eigenvalue weighted by molar-refractivity contribution is 6.09. The van der Waals surface area contributed by atoms with E-state index in [0.717, 1.165) is 6.42 Å². The fourth-order valence-corrected chi connectivity index (χ4v) is 3.72. The largest absolute Gasteiger partial charge is 0.449 e. The summed E-state index contributed by atoms with van der Waals surface area (Å²) >= 11 is 0. The van der Waals surface area contributed by atoms with Crippen LogP contribution >= 0.6 is 0 Å². The van der Waals surface area contributed by atoms with Crippen LogP contribution in [0.15, 0.2) is 78.6 Å². The van der Waals surface area contributed by atoms with Crippen LogP contribution in [-0.2, 0) is 16.1 Å². The lowest BCUT2D eigenvalue weighted by atomic mass is 10.1. The fourth-order valence-electron chi connectivity index (χ4n) is 3.72. The quantitative estimate of drug-likeness (QED) is 0.352. The Balaban J connectivity index is 1.51. The van der Waals surface area contributed by atoms with Crippen LogP contribution in [0.25, 0.3) is 6.08 Å². The van der Waals surface area contributed by atoms with Gasteiger partial charge in [0.1, 0.15) is 5.82 Å². The number of nitrogens with one attached hydrogen (secondary N) is 1. The van der Waals surface area contributed by atoms with Crippen LogP contribution < -0.4 is 15.0 Å². The van der Waals surface area contributed by atoms with Gasteiger partial charge in [-0.05, 0) is 55.3 Å². The first kappa shape index (κ1) is 24.2. The van der Waals surface area contributed by atoms with Crippen LogP contribution in [0.1, 0.15) is 34.8 Å². The summed E-state index contributed by atoms with van der Waals surface area (Å²) in [6.07, 6.45) is 2.37. The standard InChI is InChI=1S/C28H27FN2O4/c1-2-34-17-7-16-30-27(32)21-14-12-20(13-15-21)18-26-28(33)31(19-22-8-3-4-9-23(22)29)24-10-5-6-11-25(24)35-26/h3-6,8-15,18H,2,7,16-17,19H2,1H3,(H,30,32). The molecule has 0 bridgehead atoms. The van der Waals surface area contributed by atoms with Gasteiger partial charge in [-0.2, -0.15) is 0 Å². The zero-order chi connectivity index (χ0) is 24.6. The zero-order valence-corrected chi connectivity index (χ0v) is 19.5. The summed E-state index contributed by atoms with van der Waals surface area (Å²) < 4.78 is 25.5. The number of carbonyl (C=O) groups is 2. The number of ether oxygens (including phenoxy) is 2. The van der Waals surface area contributed by atoms with E-state index in [4.69, 9.17) is 9.47 Å². The molecule has 1 heterocycles. The molecule has 4 rings (SSSR count). The summed E-state index contributed by atoms with van der Waals surface area (Å²) in [5, 5.41) is 2.86. The topological polar surface area (TPSA) is 67.9 Å². The van der Waals surface area contributed by atoms with Crippen LogP contribution in [0.5, 0.6) is 5.75 Å². The predicted octanol–water partition coefficient (Wildman–Crippen LogP) is 4.95. The van der Waals surface area contributed by atoms with Gasteiger partial charge in [0.2, 0.25) is 0 Å². The predicted molar refractivity (Wildman–Crippen MR) is 133 cm³/mol. The molecule has 1 N–H and O–H groups in total. The average molecular weight is 475 g/mol. The molecule has 0 unspecified atom stereocenters. The van der Waals surface area contributed by atoms with E-state index in [1.165, 1.54) is 11.0 Å². The summed E-state index contributed by atoms with van der Waals surface area (Å²) in [6.45, 7) is 3.80. The molecule has 0 spiro atoms. The maximum atomic E-state index is 14.3. The van der Waals surface area contributed by atoms with E-state index in [1.807, 2.05) is 13.0 Å². The summed E-state index contributed by atoms with van der Waals surface area (Å²) in [5.41, 5.74) is 2.21. The van der Waals surface area contributed by atoms with Gasteiger partial charge in [0.25, 0.3) is 11.8 Å². The third-order valence-electron chi connectivity index (χ3n) is 5.54. The number of halogens is 1. The van der Waals surface area contributed by atoms with Crippen molar-refractivity contribution in [2.45, 2.75) is 19.9 Å². The molecule has 35 heavy (non-hydrogen) atoms. The second kappa shape index (κ2) is 11.4. The number of benzene rings is 3. The van der Waals surface area contributed by atoms with Crippen LogP contribution in [0.3, 0.4) is 0 Å². The second-order valence-electron chi connectivity index (χ2n) is 7.99. The van der Waals surface area contributed by atoms with Crippen molar-refractivity contribution < 1.29 is 23.5 Å². The first-order valence-corrected chi connectivity index (χ1v) is 11.6. The highest BCUT2D eigenvalue weighted by Crippen LogP contribution is 2.36. The van der Waals surface area contributed by atoms with E-state index in [-0.39, 0.29) is 29.9 Å². The molecule has 2 amide bonds. The Labute approximate surface area is 204 Å². The van der Waals surface area contributed by atoms with Gasteiger partial charge >= 0.3 is 0 Å². The van der Waals surface area contributed by atoms with E-state index in [9.17, 15) is 14.0 Å². The number of hydrogen-bond acceptors (Lipinski definition) is 4. The van der Waals surface area contributed by atoms with Crippen molar-refractivity contribution in [3.63, 3.8) is 0 Å². The molecule has 1 aliphatic rings. The van der Waals surface area contributed by atoms with E-state index in [0.29, 0.717) is 47.9 Å². The smallest absolute Gasteiger partial charge is 0.294 e. The summed E-state index contributed by atoms with van der Waals surface area (Å²) in [6, 6.07) is 20.4. The van der Waals surface area contributed by atoms with E-state index in [2.05, 4.69) is 5.32 Å². The van der Waals surface area contributed by atoms with Gasteiger partial charge in [0.15, 0.2) is 11.5 Å². The molecular formula is C28H27FN2O4. The molecule has 3 aromatic carbocycles. The van der Waals surface area contributed by atoms with Gasteiger partial charge < -0.3 is 14.8 Å². The number of para-hydroxylation sites is 2. The first-order valence-electron chi connectivity index (χ1n) is 11.6. The Kier molecular flexibility index (Phi) is 7.90. The van der Waals surface area contributed by atoms with Gasteiger partial charge in [0, 0.05) is 30.9 Å². The Hall–Kier alpha value is -3.97. The van der Waals surface area contributed by atoms with E-state index < -0.39 is 0 Å². The van der Waals surface area contributed by atoms with E-state index >= 15 is 0 Å². The molecule has 0 atom stereocenters. The van der Waals surface area contributed by atoms with Crippen molar-refractivity contribution in [1.82, 2.24) is 5.32 Å². The number of amides is 2. The van der Waals surface area contributed by atoms with Gasteiger partial charge in [-0.25, -0.2) is 4.39 Å². The minimum absolute atomic E-state index is 0.0750. The number of nitrogens with zero attached hydrogens (tertiary/aromatic N) is 1. The third-order valence-corrected chi connectivity index (χ3v) is 5.54. The maximum Gasteiger partial charge on any atom is 0.294 e. The first-order chi connectivity index (χ1) is 17.1. The van der Waals surface area contributed by atoms with Crippen LogP contribution in [-0.4, -0.2) is 31.6 Å². The normalized spacial score (nSPS) is 13.9. The minimum atomic E-state index is -0.374.